The second-order valence-electron chi connectivity index (χ2n) is 7.75. The number of rotatable bonds is 3. The van der Waals surface area contributed by atoms with Crippen LogP contribution in [0.4, 0.5) is 0 Å². The van der Waals surface area contributed by atoms with Gasteiger partial charge >= 0.3 is 0 Å². The predicted octanol–water partition coefficient (Wildman–Crippen LogP) is 2.84. The minimum atomic E-state index is 0.641. The predicted molar refractivity (Wildman–Crippen MR) is 89.4 cm³/mol. The van der Waals surface area contributed by atoms with E-state index in [-0.39, 0.29) is 0 Å². The van der Waals surface area contributed by atoms with Gasteiger partial charge in [0.2, 0.25) is 0 Å². The van der Waals surface area contributed by atoms with Crippen LogP contribution >= 0.6 is 0 Å². The zero-order valence-corrected chi connectivity index (χ0v) is 14.0. The van der Waals surface area contributed by atoms with Crippen molar-refractivity contribution in [1.29, 1.82) is 0 Å². The number of hydrogen-bond donors (Lipinski definition) is 1. The van der Waals surface area contributed by atoms with E-state index in [1.54, 1.807) is 0 Å². The van der Waals surface area contributed by atoms with E-state index >= 15 is 0 Å². The highest BCUT2D eigenvalue weighted by molar-refractivity contribution is 4.94. The van der Waals surface area contributed by atoms with Gasteiger partial charge in [-0.05, 0) is 45.1 Å². The summed E-state index contributed by atoms with van der Waals surface area (Å²) in [6.07, 6.45) is 12.8. The highest BCUT2D eigenvalue weighted by Crippen LogP contribution is 2.32. The van der Waals surface area contributed by atoms with Crippen molar-refractivity contribution in [3.05, 3.63) is 0 Å². The van der Waals surface area contributed by atoms with E-state index in [9.17, 15) is 0 Å². The zero-order valence-electron chi connectivity index (χ0n) is 14.0. The van der Waals surface area contributed by atoms with Gasteiger partial charge < -0.3 is 5.73 Å². The zero-order chi connectivity index (χ0) is 14.7. The summed E-state index contributed by atoms with van der Waals surface area (Å²) in [5.41, 5.74) is 6.26. The van der Waals surface area contributed by atoms with Gasteiger partial charge in [0.05, 0.1) is 0 Å². The maximum Gasteiger partial charge on any atom is 0.0250 e. The van der Waals surface area contributed by atoms with E-state index in [2.05, 4.69) is 16.7 Å². The van der Waals surface area contributed by atoms with Gasteiger partial charge in [0.1, 0.15) is 0 Å². The van der Waals surface area contributed by atoms with Crippen molar-refractivity contribution < 1.29 is 0 Å². The number of hydrogen-bond acceptors (Lipinski definition) is 3. The Balaban J connectivity index is 1.67. The molecule has 2 aliphatic heterocycles. The van der Waals surface area contributed by atoms with E-state index in [0.29, 0.717) is 12.1 Å². The fraction of sp³-hybridized carbons (Fsp3) is 1.00. The molecular weight excluding hydrogens is 258 g/mol. The first-order valence-corrected chi connectivity index (χ1v) is 9.49. The molecular formula is C18H35N3. The number of fused-ring (bicyclic) bond motifs is 1. The van der Waals surface area contributed by atoms with Crippen LogP contribution < -0.4 is 5.73 Å². The van der Waals surface area contributed by atoms with Gasteiger partial charge in [0.25, 0.3) is 0 Å². The molecule has 0 aromatic heterocycles. The molecule has 3 heteroatoms. The average molecular weight is 293 g/mol. The third kappa shape index (κ3) is 3.62. The Bertz CT molecular complexity index is 312. The maximum absolute atomic E-state index is 6.26. The minimum Gasteiger partial charge on any atom is -0.329 e. The lowest BCUT2D eigenvalue weighted by Crippen LogP contribution is -2.63. The lowest BCUT2D eigenvalue weighted by Gasteiger charge is -2.51. The van der Waals surface area contributed by atoms with E-state index in [1.807, 2.05) is 0 Å². The van der Waals surface area contributed by atoms with Crippen molar-refractivity contribution >= 4 is 0 Å². The van der Waals surface area contributed by atoms with Crippen LogP contribution in [-0.2, 0) is 0 Å². The largest absolute Gasteiger partial charge is 0.329 e. The summed E-state index contributed by atoms with van der Waals surface area (Å²) >= 11 is 0. The van der Waals surface area contributed by atoms with Gasteiger partial charge in [-0.25, -0.2) is 0 Å². The van der Waals surface area contributed by atoms with Crippen molar-refractivity contribution in [3.63, 3.8) is 0 Å². The Labute approximate surface area is 131 Å². The molecule has 2 heterocycles. The Morgan fingerprint density at radius 1 is 0.952 bits per heavy atom. The smallest absolute Gasteiger partial charge is 0.0250 e. The van der Waals surface area contributed by atoms with E-state index in [0.717, 1.165) is 18.5 Å². The summed E-state index contributed by atoms with van der Waals surface area (Å²) in [4.78, 5) is 5.56. The van der Waals surface area contributed by atoms with Gasteiger partial charge in [-0.15, -0.1) is 0 Å². The number of nitrogens with two attached hydrogens (primary N) is 1. The molecule has 0 aromatic carbocycles. The monoisotopic (exact) mass is 293 g/mol. The first-order valence-electron chi connectivity index (χ1n) is 9.49. The highest BCUT2D eigenvalue weighted by Gasteiger charge is 2.38. The van der Waals surface area contributed by atoms with Gasteiger partial charge in [-0.1, -0.05) is 32.1 Å². The van der Waals surface area contributed by atoms with Crippen LogP contribution in [0.15, 0.2) is 0 Å². The topological polar surface area (TPSA) is 32.5 Å². The molecule has 21 heavy (non-hydrogen) atoms. The van der Waals surface area contributed by atoms with Crippen molar-refractivity contribution in [2.24, 2.45) is 11.7 Å². The molecule has 3 nitrogen and oxygen atoms in total. The Hall–Kier alpha value is -0.120. The number of nitrogens with zero attached hydrogens (tertiary/aromatic N) is 2. The first kappa shape index (κ1) is 15.8. The maximum atomic E-state index is 6.26. The summed E-state index contributed by atoms with van der Waals surface area (Å²) in [7, 11) is 0. The molecule has 122 valence electrons. The van der Waals surface area contributed by atoms with Gasteiger partial charge in [0.15, 0.2) is 0 Å². The lowest BCUT2D eigenvalue weighted by atomic mass is 9.87. The van der Waals surface area contributed by atoms with E-state index < -0.39 is 0 Å². The van der Waals surface area contributed by atoms with Gasteiger partial charge in [-0.3, -0.25) is 9.80 Å². The molecule has 0 spiro atoms. The third-order valence-corrected chi connectivity index (χ3v) is 6.35. The Morgan fingerprint density at radius 3 is 2.38 bits per heavy atom. The quantitative estimate of drug-likeness (QED) is 0.812. The average Bonchev–Trinajstić information content (AvgIpc) is 2.78. The molecule has 3 atom stereocenters. The summed E-state index contributed by atoms with van der Waals surface area (Å²) in [5, 5.41) is 0. The lowest BCUT2D eigenvalue weighted by molar-refractivity contribution is -0.0214. The molecule has 1 saturated carbocycles. The highest BCUT2D eigenvalue weighted by atomic mass is 15.3. The molecule has 3 fully saturated rings. The van der Waals surface area contributed by atoms with Crippen molar-refractivity contribution in [2.75, 3.05) is 26.2 Å². The molecule has 2 saturated heterocycles. The molecule has 0 bridgehead atoms. The summed E-state index contributed by atoms with van der Waals surface area (Å²) < 4.78 is 0. The van der Waals surface area contributed by atoms with Crippen LogP contribution in [0.25, 0.3) is 0 Å². The molecule has 0 amide bonds. The van der Waals surface area contributed by atoms with Gasteiger partial charge in [-0.2, -0.15) is 0 Å². The van der Waals surface area contributed by atoms with Crippen LogP contribution in [0.2, 0.25) is 0 Å². The molecule has 0 aromatic rings. The van der Waals surface area contributed by atoms with Crippen molar-refractivity contribution in [2.45, 2.75) is 82.8 Å². The third-order valence-electron chi connectivity index (χ3n) is 6.35. The normalized spacial score (nSPS) is 35.1. The molecule has 1 aliphatic carbocycles. The van der Waals surface area contributed by atoms with Crippen LogP contribution in [0, 0.1) is 5.92 Å². The van der Waals surface area contributed by atoms with Crippen LogP contribution in [0.3, 0.4) is 0 Å². The molecule has 2 N–H and O–H groups in total. The van der Waals surface area contributed by atoms with Gasteiger partial charge in [0, 0.05) is 37.8 Å². The van der Waals surface area contributed by atoms with Crippen LogP contribution in [0.1, 0.15) is 64.7 Å². The van der Waals surface area contributed by atoms with Crippen molar-refractivity contribution in [3.8, 4) is 0 Å². The Morgan fingerprint density at radius 2 is 1.67 bits per heavy atom. The standard InChI is InChI=1S/C18H35N3/c1-15-13-20-11-7-6-10-17(20)14-21(15)18(12-19)16-8-4-2-3-5-9-16/h15-18H,2-14,19H2,1H3. The Kier molecular flexibility index (Phi) is 5.58. The second kappa shape index (κ2) is 7.43. The minimum absolute atomic E-state index is 0.641. The molecule has 3 unspecified atom stereocenters. The first-order chi connectivity index (χ1) is 10.3. The molecule has 0 radical (unpaired) electrons. The SMILES string of the molecule is CC1CN2CCCCC2CN1C(CN)C1CCCCCC1. The summed E-state index contributed by atoms with van der Waals surface area (Å²) in [6, 6.07) is 2.15. The fourth-order valence-corrected chi connectivity index (χ4v) is 5.13. The number of piperidine rings is 1. The summed E-state index contributed by atoms with van der Waals surface area (Å²) in [5.74, 6) is 0.857. The van der Waals surface area contributed by atoms with Crippen molar-refractivity contribution in [1.82, 2.24) is 9.80 Å². The second-order valence-corrected chi connectivity index (χ2v) is 7.75. The molecule has 3 aliphatic rings. The van der Waals surface area contributed by atoms with Crippen LogP contribution in [0.5, 0.6) is 0 Å². The van der Waals surface area contributed by atoms with E-state index in [1.165, 1.54) is 77.4 Å². The fourth-order valence-electron chi connectivity index (χ4n) is 5.13. The van der Waals surface area contributed by atoms with E-state index in [4.69, 9.17) is 5.73 Å². The summed E-state index contributed by atoms with van der Waals surface area (Å²) in [6.45, 7) is 7.18. The molecule has 3 rings (SSSR count). The number of piperazine rings is 1. The van der Waals surface area contributed by atoms with Crippen LogP contribution in [-0.4, -0.2) is 54.1 Å².